The first-order valence-electron chi connectivity index (χ1n) is 7.84. The van der Waals surface area contributed by atoms with E-state index in [0.29, 0.717) is 6.54 Å². The Balaban J connectivity index is 2.16. The Morgan fingerprint density at radius 1 is 1.32 bits per heavy atom. The molecule has 2 heterocycles. The molecular formula is C16H23IN2O5S. The number of halogens is 1. The highest BCUT2D eigenvalue weighted by Crippen LogP contribution is 2.28. The topological polar surface area (TPSA) is 85.7 Å². The minimum absolute atomic E-state index is 0.0194. The van der Waals surface area contributed by atoms with E-state index in [-0.39, 0.29) is 19.0 Å². The van der Waals surface area contributed by atoms with Crippen LogP contribution in [-0.4, -0.2) is 53.0 Å². The van der Waals surface area contributed by atoms with Crippen LogP contribution in [0, 0.1) is 3.57 Å². The predicted octanol–water partition coefficient (Wildman–Crippen LogP) is 2.41. The number of carbonyl (C=O) groups is 2. The molecule has 9 heteroatoms. The summed E-state index contributed by atoms with van der Waals surface area (Å²) >= 11 is 2.13. The molecule has 0 spiro atoms. The Bertz CT molecular complexity index is 809. The van der Waals surface area contributed by atoms with E-state index in [1.54, 1.807) is 36.4 Å². The van der Waals surface area contributed by atoms with Gasteiger partial charge in [-0.3, -0.25) is 9.36 Å². The predicted molar refractivity (Wildman–Crippen MR) is 102 cm³/mol. The Morgan fingerprint density at radius 3 is 2.40 bits per heavy atom. The minimum Gasteiger partial charge on any atom is -0.459 e. The SMILES string of the molecule is CC(C)(C)OC(=O)[C@](C)(CCN1Cc2cc(I)cn2C1=O)S(C)(=O)=O. The number of hydrogen-bond donors (Lipinski definition) is 0. The van der Waals surface area contributed by atoms with E-state index in [1.807, 2.05) is 6.07 Å². The lowest BCUT2D eigenvalue weighted by molar-refractivity contribution is -0.157. The van der Waals surface area contributed by atoms with Gasteiger partial charge in [0.05, 0.1) is 6.54 Å². The molecule has 0 saturated carbocycles. The molecule has 0 unspecified atom stereocenters. The van der Waals surface area contributed by atoms with Gasteiger partial charge in [0.15, 0.2) is 14.6 Å². The lowest BCUT2D eigenvalue weighted by Gasteiger charge is -2.31. The third kappa shape index (κ3) is 4.18. The molecule has 7 nitrogen and oxygen atoms in total. The van der Waals surface area contributed by atoms with Gasteiger partial charge in [-0.1, -0.05) is 0 Å². The van der Waals surface area contributed by atoms with Crippen LogP contribution in [0.1, 0.15) is 39.8 Å². The second kappa shape index (κ2) is 6.57. The van der Waals surface area contributed by atoms with Crippen molar-refractivity contribution in [1.82, 2.24) is 9.47 Å². The number of hydrogen-bond acceptors (Lipinski definition) is 5. The van der Waals surface area contributed by atoms with Gasteiger partial charge in [0.2, 0.25) is 0 Å². The molecule has 140 valence electrons. The zero-order chi connectivity index (χ0) is 19.2. The molecule has 25 heavy (non-hydrogen) atoms. The van der Waals surface area contributed by atoms with Crippen LogP contribution in [0.3, 0.4) is 0 Å². The number of fused-ring (bicyclic) bond motifs is 1. The fourth-order valence-corrected chi connectivity index (χ4v) is 3.98. The molecule has 0 bridgehead atoms. The van der Waals surface area contributed by atoms with Gasteiger partial charge in [0.25, 0.3) is 0 Å². The number of esters is 1. The first kappa shape index (κ1) is 20.2. The van der Waals surface area contributed by atoms with Crippen molar-refractivity contribution in [3.63, 3.8) is 0 Å². The van der Waals surface area contributed by atoms with Crippen LogP contribution >= 0.6 is 22.6 Å². The van der Waals surface area contributed by atoms with E-state index >= 15 is 0 Å². The van der Waals surface area contributed by atoms with Crippen molar-refractivity contribution in [2.45, 2.75) is 51.0 Å². The van der Waals surface area contributed by atoms with Gasteiger partial charge in [0, 0.05) is 28.3 Å². The molecule has 1 aromatic heterocycles. The van der Waals surface area contributed by atoms with Gasteiger partial charge >= 0.3 is 12.0 Å². The fraction of sp³-hybridized carbons (Fsp3) is 0.625. The third-order valence-corrected chi connectivity index (χ3v) is 6.80. The van der Waals surface area contributed by atoms with E-state index in [4.69, 9.17) is 4.74 Å². The highest BCUT2D eigenvalue weighted by atomic mass is 127. The highest BCUT2D eigenvalue weighted by molar-refractivity contribution is 14.1. The second-order valence-electron chi connectivity index (χ2n) is 7.48. The van der Waals surface area contributed by atoms with Crippen molar-refractivity contribution in [2.75, 3.05) is 12.8 Å². The van der Waals surface area contributed by atoms with Crippen LogP contribution in [0.5, 0.6) is 0 Å². The molecule has 0 radical (unpaired) electrons. The first-order valence-corrected chi connectivity index (χ1v) is 10.8. The standard InChI is InChI=1S/C16H23IN2O5S/c1-15(2,3)24-13(20)16(4,25(5,22)23)6-7-18-10-12-8-11(17)9-19(12)14(18)21/h8-9H,6-7,10H2,1-5H3/t16-/m0/s1. The Kier molecular flexibility index (Phi) is 5.31. The maximum Gasteiger partial charge on any atom is 0.328 e. The summed E-state index contributed by atoms with van der Waals surface area (Å²) in [5.74, 6) is -0.789. The Labute approximate surface area is 161 Å². The molecule has 1 aliphatic rings. The number of ether oxygens (including phenoxy) is 1. The van der Waals surface area contributed by atoms with Crippen molar-refractivity contribution in [2.24, 2.45) is 0 Å². The summed E-state index contributed by atoms with van der Waals surface area (Å²) < 4.78 is 30.7. The summed E-state index contributed by atoms with van der Waals surface area (Å²) in [5.41, 5.74) is 0.0642. The highest BCUT2D eigenvalue weighted by Gasteiger charge is 2.47. The second-order valence-corrected chi connectivity index (χ2v) is 11.2. The molecule has 1 aromatic rings. The molecule has 1 aliphatic heterocycles. The number of nitrogens with zero attached hydrogens (tertiary/aromatic N) is 2. The van der Waals surface area contributed by atoms with Crippen molar-refractivity contribution < 1.29 is 22.7 Å². The minimum atomic E-state index is -3.73. The summed E-state index contributed by atoms with van der Waals surface area (Å²) in [5, 5.41) is 0. The maximum absolute atomic E-state index is 12.5. The quantitative estimate of drug-likeness (QED) is 0.476. The van der Waals surface area contributed by atoms with Crippen LogP contribution in [-0.2, 0) is 25.9 Å². The summed E-state index contributed by atoms with van der Waals surface area (Å²) in [6.45, 7) is 6.97. The summed E-state index contributed by atoms with van der Waals surface area (Å²) in [6, 6.07) is 1.69. The van der Waals surface area contributed by atoms with Crippen LogP contribution in [0.15, 0.2) is 12.3 Å². The number of aromatic nitrogens is 1. The van der Waals surface area contributed by atoms with Gasteiger partial charge < -0.3 is 9.64 Å². The Hall–Kier alpha value is -1.10. The zero-order valence-corrected chi connectivity index (χ0v) is 18.0. The van der Waals surface area contributed by atoms with Gasteiger partial charge in [-0.2, -0.15) is 0 Å². The average Bonchev–Trinajstić information content (AvgIpc) is 2.91. The van der Waals surface area contributed by atoms with Crippen LogP contribution in [0.2, 0.25) is 0 Å². The van der Waals surface area contributed by atoms with Crippen LogP contribution < -0.4 is 0 Å². The summed E-state index contributed by atoms with van der Waals surface area (Å²) in [6.07, 6.45) is 2.74. The van der Waals surface area contributed by atoms with Crippen molar-refractivity contribution in [3.8, 4) is 0 Å². The lowest BCUT2D eigenvalue weighted by Crippen LogP contribution is -2.49. The number of rotatable bonds is 5. The molecule has 0 N–H and O–H groups in total. The fourth-order valence-electron chi connectivity index (χ4n) is 2.54. The van der Waals surface area contributed by atoms with Gasteiger partial charge in [0.1, 0.15) is 5.60 Å². The van der Waals surface area contributed by atoms with Gasteiger partial charge in [-0.05, 0) is 62.8 Å². The van der Waals surface area contributed by atoms with Crippen molar-refractivity contribution >= 4 is 44.4 Å². The molecule has 0 aliphatic carbocycles. The number of carbonyl (C=O) groups excluding carboxylic acids is 2. The monoisotopic (exact) mass is 482 g/mol. The molecule has 0 aromatic carbocycles. The van der Waals surface area contributed by atoms with E-state index in [0.717, 1.165) is 15.5 Å². The van der Waals surface area contributed by atoms with Crippen LogP contribution in [0.4, 0.5) is 4.79 Å². The first-order chi connectivity index (χ1) is 11.2. The largest absolute Gasteiger partial charge is 0.459 e. The molecule has 1 atom stereocenters. The molecular weight excluding hydrogens is 459 g/mol. The normalized spacial score (nSPS) is 17.4. The van der Waals surface area contributed by atoms with E-state index in [9.17, 15) is 18.0 Å². The molecule has 0 fully saturated rings. The average molecular weight is 482 g/mol. The lowest BCUT2D eigenvalue weighted by atomic mass is 10.1. The summed E-state index contributed by atoms with van der Waals surface area (Å²) in [4.78, 5) is 26.5. The van der Waals surface area contributed by atoms with E-state index < -0.39 is 26.2 Å². The van der Waals surface area contributed by atoms with Gasteiger partial charge in [-0.15, -0.1) is 0 Å². The Morgan fingerprint density at radius 2 is 1.92 bits per heavy atom. The number of amides is 1. The smallest absolute Gasteiger partial charge is 0.328 e. The van der Waals surface area contributed by atoms with Crippen LogP contribution in [0.25, 0.3) is 0 Å². The van der Waals surface area contributed by atoms with Crippen molar-refractivity contribution in [1.29, 1.82) is 0 Å². The molecule has 2 rings (SSSR count). The third-order valence-electron chi connectivity index (χ3n) is 4.20. The van der Waals surface area contributed by atoms with Gasteiger partial charge in [-0.25, -0.2) is 13.2 Å². The molecule has 0 saturated heterocycles. The number of sulfone groups is 1. The summed E-state index contributed by atoms with van der Waals surface area (Å²) in [7, 11) is -3.73. The maximum atomic E-state index is 12.5. The van der Waals surface area contributed by atoms with E-state index in [2.05, 4.69) is 22.6 Å². The molecule has 1 amide bonds. The van der Waals surface area contributed by atoms with Crippen molar-refractivity contribution in [3.05, 3.63) is 21.5 Å². The zero-order valence-electron chi connectivity index (χ0n) is 15.0. The van der Waals surface area contributed by atoms with E-state index in [1.165, 1.54) is 6.92 Å².